The molecule has 23 heavy (non-hydrogen) atoms. The van der Waals surface area contributed by atoms with Crippen LogP contribution in [0, 0.1) is 13.8 Å². The first-order valence-electron chi connectivity index (χ1n) is 7.85. The van der Waals surface area contributed by atoms with Crippen molar-refractivity contribution in [3.05, 3.63) is 53.1 Å². The van der Waals surface area contributed by atoms with Crippen LogP contribution in [0.4, 0.5) is 5.69 Å². The number of anilines is 1. The molecule has 0 aliphatic rings. The summed E-state index contributed by atoms with van der Waals surface area (Å²) in [7, 11) is 0. The van der Waals surface area contributed by atoms with Crippen molar-refractivity contribution in [3.8, 4) is 11.5 Å². The first kappa shape index (κ1) is 16.9. The zero-order valence-corrected chi connectivity index (χ0v) is 13.8. The number of amides is 1. The number of ether oxygens (including phenoxy) is 1. The van der Waals surface area contributed by atoms with Gasteiger partial charge >= 0.3 is 0 Å². The third-order valence-corrected chi connectivity index (χ3v) is 3.72. The van der Waals surface area contributed by atoms with Gasteiger partial charge < -0.3 is 15.2 Å². The molecule has 0 unspecified atom stereocenters. The smallest absolute Gasteiger partial charge is 0.255 e. The summed E-state index contributed by atoms with van der Waals surface area (Å²) in [5, 5.41) is 12.7. The van der Waals surface area contributed by atoms with E-state index in [4.69, 9.17) is 4.74 Å². The molecule has 0 radical (unpaired) electrons. The summed E-state index contributed by atoms with van der Waals surface area (Å²) in [6.45, 7) is 6.59. The molecule has 2 aromatic carbocycles. The van der Waals surface area contributed by atoms with Gasteiger partial charge in [-0.25, -0.2) is 0 Å². The number of hydrogen-bond donors (Lipinski definition) is 2. The monoisotopic (exact) mass is 313 g/mol. The van der Waals surface area contributed by atoms with Gasteiger partial charge in [0.15, 0.2) is 0 Å². The number of nitrogens with one attached hydrogen (secondary N) is 1. The number of benzene rings is 2. The Morgan fingerprint density at radius 2 is 1.91 bits per heavy atom. The van der Waals surface area contributed by atoms with Crippen molar-refractivity contribution in [2.24, 2.45) is 0 Å². The molecule has 2 aromatic rings. The Balaban J connectivity index is 2.12. The van der Waals surface area contributed by atoms with Gasteiger partial charge in [-0.2, -0.15) is 0 Å². The van der Waals surface area contributed by atoms with E-state index in [1.165, 1.54) is 0 Å². The number of hydrogen-bond acceptors (Lipinski definition) is 3. The first-order valence-corrected chi connectivity index (χ1v) is 7.85. The van der Waals surface area contributed by atoms with Crippen molar-refractivity contribution in [2.45, 2.75) is 33.6 Å². The Hall–Kier alpha value is -2.49. The molecule has 0 aliphatic heterocycles. The van der Waals surface area contributed by atoms with Gasteiger partial charge in [0.05, 0.1) is 12.3 Å². The van der Waals surface area contributed by atoms with Gasteiger partial charge in [-0.05, 0) is 61.7 Å². The zero-order valence-electron chi connectivity index (χ0n) is 13.8. The van der Waals surface area contributed by atoms with Crippen molar-refractivity contribution < 1.29 is 14.6 Å². The van der Waals surface area contributed by atoms with Crippen LogP contribution < -0.4 is 10.1 Å². The van der Waals surface area contributed by atoms with Crippen LogP contribution in [0.5, 0.6) is 11.5 Å². The first-order chi connectivity index (χ1) is 11.0. The third-order valence-electron chi connectivity index (χ3n) is 3.72. The minimum absolute atomic E-state index is 0.0665. The van der Waals surface area contributed by atoms with Crippen LogP contribution in [0.3, 0.4) is 0 Å². The maximum absolute atomic E-state index is 12.4. The van der Waals surface area contributed by atoms with E-state index >= 15 is 0 Å². The van der Waals surface area contributed by atoms with E-state index in [2.05, 4.69) is 12.2 Å². The highest BCUT2D eigenvalue weighted by Crippen LogP contribution is 2.27. The number of phenols is 1. The summed E-state index contributed by atoms with van der Waals surface area (Å²) in [5.74, 6) is 0.469. The van der Waals surface area contributed by atoms with Crippen molar-refractivity contribution in [1.82, 2.24) is 0 Å². The highest BCUT2D eigenvalue weighted by molar-refractivity contribution is 6.05. The van der Waals surface area contributed by atoms with Gasteiger partial charge in [0, 0.05) is 5.56 Å². The topological polar surface area (TPSA) is 58.6 Å². The highest BCUT2D eigenvalue weighted by atomic mass is 16.5. The number of unbranched alkanes of at least 4 members (excludes halogenated alkanes) is 1. The zero-order chi connectivity index (χ0) is 16.8. The lowest BCUT2D eigenvalue weighted by Crippen LogP contribution is -2.12. The van der Waals surface area contributed by atoms with Gasteiger partial charge in [0.25, 0.3) is 5.91 Å². The maximum Gasteiger partial charge on any atom is 0.255 e. The van der Waals surface area contributed by atoms with E-state index in [0.29, 0.717) is 23.6 Å². The minimum Gasteiger partial charge on any atom is -0.506 e. The van der Waals surface area contributed by atoms with E-state index < -0.39 is 0 Å². The summed E-state index contributed by atoms with van der Waals surface area (Å²) < 4.78 is 5.62. The van der Waals surface area contributed by atoms with Crippen molar-refractivity contribution in [3.63, 3.8) is 0 Å². The summed E-state index contributed by atoms with van der Waals surface area (Å²) in [6, 6.07) is 10.5. The van der Waals surface area contributed by atoms with Crippen LogP contribution in [-0.4, -0.2) is 17.6 Å². The quantitative estimate of drug-likeness (QED) is 0.612. The number of carbonyl (C=O) groups excluding carboxylic acids is 1. The van der Waals surface area contributed by atoms with Gasteiger partial charge in [0.1, 0.15) is 11.5 Å². The number of rotatable bonds is 6. The summed E-state index contributed by atoms with van der Waals surface area (Å²) >= 11 is 0. The molecule has 0 aliphatic carbocycles. The van der Waals surface area contributed by atoms with Crippen LogP contribution in [0.15, 0.2) is 36.4 Å². The fourth-order valence-corrected chi connectivity index (χ4v) is 2.16. The molecule has 0 bridgehead atoms. The molecule has 122 valence electrons. The Morgan fingerprint density at radius 1 is 1.17 bits per heavy atom. The lowest BCUT2D eigenvalue weighted by atomic mass is 10.1. The predicted octanol–water partition coefficient (Wildman–Crippen LogP) is 4.44. The van der Waals surface area contributed by atoms with Crippen LogP contribution in [-0.2, 0) is 0 Å². The summed E-state index contributed by atoms with van der Waals surface area (Å²) in [4.78, 5) is 12.4. The predicted molar refractivity (Wildman–Crippen MR) is 92.4 cm³/mol. The number of aromatic hydroxyl groups is 1. The van der Waals surface area contributed by atoms with Crippen LogP contribution in [0.1, 0.15) is 41.3 Å². The van der Waals surface area contributed by atoms with E-state index in [-0.39, 0.29) is 11.7 Å². The molecule has 0 aromatic heterocycles. The molecule has 0 heterocycles. The largest absolute Gasteiger partial charge is 0.506 e. The molecule has 0 saturated carbocycles. The van der Waals surface area contributed by atoms with Crippen LogP contribution >= 0.6 is 0 Å². The second-order valence-corrected chi connectivity index (χ2v) is 5.64. The lowest BCUT2D eigenvalue weighted by Gasteiger charge is -2.11. The third kappa shape index (κ3) is 4.49. The van der Waals surface area contributed by atoms with Crippen molar-refractivity contribution in [1.29, 1.82) is 0 Å². The molecule has 0 saturated heterocycles. The van der Waals surface area contributed by atoms with Gasteiger partial charge in [-0.1, -0.05) is 19.4 Å². The molecule has 1 amide bonds. The SMILES string of the molecule is CCCCOc1cccc(C(=O)Nc2cc(C)c(C)cc2O)c1. The summed E-state index contributed by atoms with van der Waals surface area (Å²) in [6.07, 6.45) is 2.04. The second kappa shape index (κ2) is 7.68. The number of phenolic OH excluding ortho intramolecular Hbond substituents is 1. The average Bonchev–Trinajstić information content (AvgIpc) is 2.53. The standard InChI is InChI=1S/C19H23NO3/c1-4-5-9-23-16-8-6-7-15(12-16)19(22)20-17-10-13(2)14(3)11-18(17)21/h6-8,10-12,21H,4-5,9H2,1-3H3,(H,20,22). The van der Waals surface area contributed by atoms with E-state index in [9.17, 15) is 9.90 Å². The minimum atomic E-state index is -0.274. The average molecular weight is 313 g/mol. The van der Waals surface area contributed by atoms with Gasteiger partial charge in [0.2, 0.25) is 0 Å². The van der Waals surface area contributed by atoms with Crippen LogP contribution in [0.2, 0.25) is 0 Å². The Morgan fingerprint density at radius 3 is 2.65 bits per heavy atom. The molecule has 4 heteroatoms. The maximum atomic E-state index is 12.4. The Bertz CT molecular complexity index is 695. The molecule has 0 atom stereocenters. The van der Waals surface area contributed by atoms with Crippen LogP contribution in [0.25, 0.3) is 0 Å². The molecule has 0 spiro atoms. The number of carbonyl (C=O) groups is 1. The molecule has 4 nitrogen and oxygen atoms in total. The van der Waals surface area contributed by atoms with Gasteiger partial charge in [-0.3, -0.25) is 4.79 Å². The fourth-order valence-electron chi connectivity index (χ4n) is 2.16. The summed E-state index contributed by atoms with van der Waals surface area (Å²) in [5.41, 5.74) is 2.90. The Labute approximate surface area is 137 Å². The van der Waals surface area contributed by atoms with Crippen molar-refractivity contribution >= 4 is 11.6 Å². The normalized spacial score (nSPS) is 10.4. The molecule has 0 fully saturated rings. The fraction of sp³-hybridized carbons (Fsp3) is 0.316. The second-order valence-electron chi connectivity index (χ2n) is 5.64. The van der Waals surface area contributed by atoms with E-state index in [1.54, 1.807) is 30.3 Å². The Kier molecular flexibility index (Phi) is 5.63. The van der Waals surface area contributed by atoms with E-state index in [1.807, 2.05) is 19.9 Å². The molecule has 2 N–H and O–H groups in total. The molecular weight excluding hydrogens is 290 g/mol. The van der Waals surface area contributed by atoms with Gasteiger partial charge in [-0.15, -0.1) is 0 Å². The number of aryl methyl sites for hydroxylation is 2. The molecule has 2 rings (SSSR count). The highest BCUT2D eigenvalue weighted by Gasteiger charge is 2.11. The lowest BCUT2D eigenvalue weighted by molar-refractivity contribution is 0.102. The van der Waals surface area contributed by atoms with Crippen molar-refractivity contribution in [2.75, 3.05) is 11.9 Å². The van der Waals surface area contributed by atoms with E-state index in [0.717, 1.165) is 24.0 Å². The molecular formula is C19H23NO3.